The monoisotopic (exact) mass is 406 g/mol. The third-order valence-corrected chi connectivity index (χ3v) is 6.19. The Morgan fingerprint density at radius 3 is 2.43 bits per heavy atom. The van der Waals surface area contributed by atoms with Gasteiger partial charge in [-0.05, 0) is 74.4 Å². The minimum absolute atomic E-state index is 0.0263. The van der Waals surface area contributed by atoms with Crippen LogP contribution in [0.2, 0.25) is 0 Å². The number of carbonyl (C=O) groups excluding carboxylic acids is 2. The standard InChI is InChI=1S/C25H27FN2O2/c1-17-14-19(11-12-23(17)26)25(30)28-21-8-5-9-22(28)16-20(15-21)27-24(29)13-10-18-6-3-2-4-7-18/h2-4,6-7,10-14,20-22H,5,8-9,15-16H2,1H3,(H,27,29)/b13-10+/t20?,21-,22+. The highest BCUT2D eigenvalue weighted by Gasteiger charge is 2.41. The SMILES string of the molecule is Cc1cc(C(=O)N2[C@@H]3CCC[C@H]2CC(NC(=O)/C=C/c2ccccc2)C3)ccc1F. The van der Waals surface area contributed by atoms with Gasteiger partial charge in [-0.2, -0.15) is 0 Å². The average molecular weight is 407 g/mol. The van der Waals surface area contributed by atoms with Crippen LogP contribution in [0.5, 0.6) is 0 Å². The summed E-state index contributed by atoms with van der Waals surface area (Å²) in [5, 5.41) is 3.12. The van der Waals surface area contributed by atoms with Gasteiger partial charge < -0.3 is 10.2 Å². The summed E-state index contributed by atoms with van der Waals surface area (Å²) in [7, 11) is 0. The summed E-state index contributed by atoms with van der Waals surface area (Å²) < 4.78 is 13.6. The number of rotatable bonds is 4. The molecule has 2 saturated heterocycles. The summed E-state index contributed by atoms with van der Waals surface area (Å²) in [6, 6.07) is 14.6. The first-order chi connectivity index (χ1) is 14.5. The van der Waals surface area contributed by atoms with E-state index in [-0.39, 0.29) is 35.8 Å². The van der Waals surface area contributed by atoms with E-state index in [2.05, 4.69) is 5.32 Å². The maximum atomic E-state index is 13.6. The molecule has 4 rings (SSSR count). The van der Waals surface area contributed by atoms with Gasteiger partial charge in [-0.3, -0.25) is 9.59 Å². The number of aryl methyl sites for hydroxylation is 1. The highest BCUT2D eigenvalue weighted by atomic mass is 19.1. The maximum absolute atomic E-state index is 13.6. The Bertz CT molecular complexity index is 943. The largest absolute Gasteiger partial charge is 0.350 e. The first kappa shape index (κ1) is 20.3. The molecule has 1 N–H and O–H groups in total. The van der Waals surface area contributed by atoms with Crippen LogP contribution < -0.4 is 5.32 Å². The first-order valence-electron chi connectivity index (χ1n) is 10.6. The van der Waals surface area contributed by atoms with Crippen LogP contribution in [0.3, 0.4) is 0 Å². The number of nitrogens with zero attached hydrogens (tertiary/aromatic N) is 1. The van der Waals surface area contributed by atoms with E-state index in [1.807, 2.05) is 41.3 Å². The zero-order chi connectivity index (χ0) is 21.1. The molecule has 2 heterocycles. The minimum Gasteiger partial charge on any atom is -0.350 e. The Hall–Kier alpha value is -2.95. The molecule has 2 amide bonds. The van der Waals surface area contributed by atoms with Crippen LogP contribution in [0.15, 0.2) is 54.6 Å². The summed E-state index contributed by atoms with van der Waals surface area (Å²) in [6.07, 6.45) is 7.87. The van der Waals surface area contributed by atoms with Crippen molar-refractivity contribution in [3.8, 4) is 0 Å². The third kappa shape index (κ3) is 4.45. The van der Waals surface area contributed by atoms with Gasteiger partial charge >= 0.3 is 0 Å². The zero-order valence-corrected chi connectivity index (χ0v) is 17.2. The molecule has 0 saturated carbocycles. The third-order valence-electron chi connectivity index (χ3n) is 6.19. The van der Waals surface area contributed by atoms with Crippen LogP contribution >= 0.6 is 0 Å². The number of piperidine rings is 2. The van der Waals surface area contributed by atoms with E-state index in [9.17, 15) is 14.0 Å². The number of amides is 2. The van der Waals surface area contributed by atoms with Crippen molar-refractivity contribution in [2.75, 3.05) is 0 Å². The Balaban J connectivity index is 1.42. The van der Waals surface area contributed by atoms with Crippen LogP contribution in [0, 0.1) is 12.7 Å². The normalized spacial score (nSPS) is 23.4. The molecule has 2 aromatic rings. The van der Waals surface area contributed by atoms with E-state index in [0.717, 1.165) is 37.7 Å². The van der Waals surface area contributed by atoms with Gasteiger partial charge in [0.05, 0.1) is 0 Å². The van der Waals surface area contributed by atoms with Crippen LogP contribution in [-0.2, 0) is 4.79 Å². The molecular weight excluding hydrogens is 379 g/mol. The topological polar surface area (TPSA) is 49.4 Å². The van der Waals surface area contributed by atoms with Gasteiger partial charge in [0, 0.05) is 29.8 Å². The Morgan fingerprint density at radius 2 is 1.77 bits per heavy atom. The van der Waals surface area contributed by atoms with Gasteiger partial charge in [0.15, 0.2) is 0 Å². The molecule has 30 heavy (non-hydrogen) atoms. The molecule has 2 aliphatic heterocycles. The lowest BCUT2D eigenvalue weighted by molar-refractivity contribution is -0.117. The zero-order valence-electron chi connectivity index (χ0n) is 17.2. The van der Waals surface area contributed by atoms with Crippen LogP contribution in [0.25, 0.3) is 6.08 Å². The van der Waals surface area contributed by atoms with Gasteiger partial charge in [0.1, 0.15) is 5.82 Å². The molecule has 2 aliphatic rings. The number of carbonyl (C=O) groups is 2. The highest BCUT2D eigenvalue weighted by molar-refractivity contribution is 5.95. The Kier molecular flexibility index (Phi) is 5.98. The lowest BCUT2D eigenvalue weighted by atomic mass is 9.81. The van der Waals surface area contributed by atoms with Gasteiger partial charge in [-0.1, -0.05) is 30.3 Å². The summed E-state index contributed by atoms with van der Waals surface area (Å²) in [5.41, 5.74) is 2.01. The van der Waals surface area contributed by atoms with E-state index in [1.54, 1.807) is 25.1 Å². The number of hydrogen-bond donors (Lipinski definition) is 1. The smallest absolute Gasteiger partial charge is 0.254 e. The van der Waals surface area contributed by atoms with Gasteiger partial charge in [0.25, 0.3) is 5.91 Å². The van der Waals surface area contributed by atoms with Crippen molar-refractivity contribution in [3.05, 3.63) is 77.1 Å². The van der Waals surface area contributed by atoms with Crippen molar-refractivity contribution >= 4 is 17.9 Å². The molecule has 0 spiro atoms. The van der Waals surface area contributed by atoms with E-state index < -0.39 is 0 Å². The predicted molar refractivity (Wildman–Crippen MR) is 115 cm³/mol. The van der Waals surface area contributed by atoms with Gasteiger partial charge in [-0.15, -0.1) is 0 Å². The Labute approximate surface area is 176 Å². The molecular formula is C25H27FN2O2. The van der Waals surface area contributed by atoms with Crippen molar-refractivity contribution in [1.82, 2.24) is 10.2 Å². The van der Waals surface area contributed by atoms with Crippen LogP contribution in [0.4, 0.5) is 4.39 Å². The second kappa shape index (κ2) is 8.82. The number of nitrogens with one attached hydrogen (secondary N) is 1. The van der Waals surface area contributed by atoms with Crippen molar-refractivity contribution < 1.29 is 14.0 Å². The molecule has 0 aliphatic carbocycles. The van der Waals surface area contributed by atoms with E-state index >= 15 is 0 Å². The second-order valence-corrected chi connectivity index (χ2v) is 8.34. The maximum Gasteiger partial charge on any atom is 0.254 e. The van der Waals surface area contributed by atoms with E-state index in [1.165, 1.54) is 6.07 Å². The molecule has 2 aromatic carbocycles. The molecule has 5 heteroatoms. The molecule has 156 valence electrons. The lowest BCUT2D eigenvalue weighted by Gasteiger charge is -2.49. The number of halogens is 1. The van der Waals surface area contributed by atoms with Crippen molar-refractivity contribution in [2.45, 2.75) is 57.2 Å². The minimum atomic E-state index is -0.295. The first-order valence-corrected chi connectivity index (χ1v) is 10.6. The lowest BCUT2D eigenvalue weighted by Crippen LogP contribution is -2.58. The fourth-order valence-electron chi connectivity index (χ4n) is 4.74. The molecule has 0 radical (unpaired) electrons. The van der Waals surface area contributed by atoms with Crippen molar-refractivity contribution in [2.24, 2.45) is 0 Å². The molecule has 4 nitrogen and oxygen atoms in total. The summed E-state index contributed by atoms with van der Waals surface area (Å²) in [5.74, 6) is -0.422. The van der Waals surface area contributed by atoms with Crippen molar-refractivity contribution in [3.63, 3.8) is 0 Å². The fraction of sp³-hybridized carbons (Fsp3) is 0.360. The summed E-state index contributed by atoms with van der Waals surface area (Å²) in [6.45, 7) is 1.68. The molecule has 1 unspecified atom stereocenters. The van der Waals surface area contributed by atoms with Crippen LogP contribution in [-0.4, -0.2) is 34.8 Å². The predicted octanol–water partition coefficient (Wildman–Crippen LogP) is 4.49. The van der Waals surface area contributed by atoms with Gasteiger partial charge in [-0.25, -0.2) is 4.39 Å². The molecule has 0 aromatic heterocycles. The second-order valence-electron chi connectivity index (χ2n) is 8.34. The highest BCUT2D eigenvalue weighted by Crippen LogP contribution is 2.35. The fourth-order valence-corrected chi connectivity index (χ4v) is 4.74. The van der Waals surface area contributed by atoms with Gasteiger partial charge in [0.2, 0.25) is 5.91 Å². The van der Waals surface area contributed by atoms with E-state index in [0.29, 0.717) is 11.1 Å². The number of benzene rings is 2. The summed E-state index contributed by atoms with van der Waals surface area (Å²) >= 11 is 0. The quantitative estimate of drug-likeness (QED) is 0.761. The average Bonchev–Trinajstić information content (AvgIpc) is 2.74. The van der Waals surface area contributed by atoms with Crippen LogP contribution in [0.1, 0.15) is 53.6 Å². The Morgan fingerprint density at radius 1 is 1.07 bits per heavy atom. The summed E-state index contributed by atoms with van der Waals surface area (Å²) in [4.78, 5) is 27.6. The molecule has 2 bridgehead atoms. The number of hydrogen-bond acceptors (Lipinski definition) is 2. The van der Waals surface area contributed by atoms with E-state index in [4.69, 9.17) is 0 Å². The molecule has 2 fully saturated rings. The number of fused-ring (bicyclic) bond motifs is 2. The van der Waals surface area contributed by atoms with Crippen molar-refractivity contribution in [1.29, 1.82) is 0 Å². The molecule has 3 atom stereocenters.